The average Bonchev–Trinajstić information content (AvgIpc) is 2.86. The van der Waals surface area contributed by atoms with Crippen molar-refractivity contribution >= 4 is 45.1 Å². The van der Waals surface area contributed by atoms with Crippen LogP contribution in [0.4, 0.5) is 8.78 Å². The molecule has 1 amide bonds. The third kappa shape index (κ3) is 6.53. The van der Waals surface area contributed by atoms with Crippen molar-refractivity contribution in [2.24, 2.45) is 0 Å². The number of rotatable bonds is 8. The van der Waals surface area contributed by atoms with Gasteiger partial charge in [-0.25, -0.2) is 23.7 Å². The summed E-state index contributed by atoms with van der Waals surface area (Å²) in [5.41, 5.74) is 0.572. The lowest BCUT2D eigenvalue weighted by atomic mass is 9.28. The fourth-order valence-corrected chi connectivity index (χ4v) is 3.35. The van der Waals surface area contributed by atoms with Crippen molar-refractivity contribution in [2.75, 3.05) is 13.1 Å². The lowest BCUT2D eigenvalue weighted by Crippen LogP contribution is -2.52. The highest BCUT2D eigenvalue weighted by Crippen LogP contribution is 2.36. The van der Waals surface area contributed by atoms with Gasteiger partial charge in [-0.15, -0.1) is 5.11 Å². The number of aromatic nitrogens is 4. The maximum atomic E-state index is 14.0. The number of amides is 1. The topological polar surface area (TPSA) is 111 Å². The maximum Gasteiger partial charge on any atom is 0.262 e. The Labute approximate surface area is 224 Å². The molecular weight excluding hydrogens is 488 g/mol. The van der Waals surface area contributed by atoms with Crippen LogP contribution < -0.4 is 20.1 Å². The maximum absolute atomic E-state index is 14.0. The van der Waals surface area contributed by atoms with Gasteiger partial charge in [-0.05, 0) is 19.0 Å². The van der Waals surface area contributed by atoms with Gasteiger partial charge in [0.25, 0.3) is 11.8 Å². The monoisotopic (exact) mass is 506 g/mol. The Kier molecular flexibility index (Phi) is 8.10. The number of halogens is 2. The van der Waals surface area contributed by atoms with Gasteiger partial charge in [0.2, 0.25) is 0 Å². The number of ether oxygens (including phenoxy) is 2. The van der Waals surface area contributed by atoms with Crippen LogP contribution in [-0.2, 0) is 0 Å². The Bertz CT molecular complexity index is 1300. The third-order valence-corrected chi connectivity index (χ3v) is 5.55. The molecule has 1 saturated heterocycles. The van der Waals surface area contributed by atoms with E-state index in [0.717, 1.165) is 12.3 Å². The first-order valence-electron chi connectivity index (χ1n) is 11.3. The second kappa shape index (κ2) is 11.1. The van der Waals surface area contributed by atoms with Crippen molar-refractivity contribution in [3.05, 3.63) is 54.5 Å². The van der Waals surface area contributed by atoms with Crippen LogP contribution in [0.3, 0.4) is 0 Å². The van der Waals surface area contributed by atoms with Crippen LogP contribution in [0.5, 0.6) is 17.4 Å². The SMILES string of the molecule is [B]C([B])([B])C([B])([B])Oc1cc(F)cnc1Oc1cncc(-c2ncc(C(=O)NC3CNCCC3F)cn2)c1. The molecular formula is C22H17B5F2N6O3. The van der Waals surface area contributed by atoms with Crippen molar-refractivity contribution < 1.29 is 23.0 Å². The molecule has 10 radical (unpaired) electrons. The quantitative estimate of drug-likeness (QED) is 0.419. The summed E-state index contributed by atoms with van der Waals surface area (Å²) in [5.74, 6) is -1.51. The van der Waals surface area contributed by atoms with Crippen molar-refractivity contribution in [1.29, 1.82) is 0 Å². The largest absolute Gasteiger partial charge is 0.503 e. The number of hydrogen-bond acceptors (Lipinski definition) is 8. The summed E-state index contributed by atoms with van der Waals surface area (Å²) in [6.45, 7) is 0.896. The number of piperidine rings is 1. The molecule has 2 unspecified atom stereocenters. The molecule has 1 fully saturated rings. The molecule has 16 heteroatoms. The summed E-state index contributed by atoms with van der Waals surface area (Å²) < 4.78 is 38.8. The summed E-state index contributed by atoms with van der Waals surface area (Å²) >= 11 is 0. The summed E-state index contributed by atoms with van der Waals surface area (Å²) in [5, 5.41) is 1.16. The number of nitrogens with zero attached hydrogens (tertiary/aromatic N) is 4. The molecule has 3 aromatic heterocycles. The molecule has 38 heavy (non-hydrogen) atoms. The second-order valence-corrected chi connectivity index (χ2v) is 8.68. The van der Waals surface area contributed by atoms with E-state index < -0.39 is 34.5 Å². The van der Waals surface area contributed by atoms with E-state index in [1.54, 1.807) is 0 Å². The highest BCUT2D eigenvalue weighted by molar-refractivity contribution is 6.66. The fourth-order valence-electron chi connectivity index (χ4n) is 3.35. The third-order valence-electron chi connectivity index (χ3n) is 5.55. The predicted molar refractivity (Wildman–Crippen MR) is 138 cm³/mol. The standard InChI is InChI=1S/C22H17B5F2N6O3/c23-21(24,25)22(26,27)38-17-4-13(28)8-34-20(17)37-14-3-11(5-31-9-14)18-32-6-12(7-33-18)19(36)35-16-10-30-2-1-15(16)29/h3-9,15-16,30H,1-2,10H2,(H,35,36). The van der Waals surface area contributed by atoms with Crippen LogP contribution in [0, 0.1) is 5.82 Å². The molecule has 2 N–H and O–H groups in total. The lowest BCUT2D eigenvalue weighted by Gasteiger charge is -2.42. The number of alkyl halides is 1. The number of carbonyl (C=O) groups excluding carboxylic acids is 1. The van der Waals surface area contributed by atoms with Gasteiger partial charge in [-0.3, -0.25) is 9.78 Å². The van der Waals surface area contributed by atoms with Crippen LogP contribution in [0.15, 0.2) is 43.1 Å². The Morgan fingerprint density at radius 2 is 1.79 bits per heavy atom. The number of carbonyl (C=O) groups is 1. The van der Waals surface area contributed by atoms with Crippen molar-refractivity contribution in [3.63, 3.8) is 0 Å². The molecule has 3 aromatic rings. The molecule has 1 aliphatic rings. The Morgan fingerprint density at radius 3 is 2.47 bits per heavy atom. The minimum absolute atomic E-state index is 0.134. The zero-order valence-corrected chi connectivity index (χ0v) is 20.0. The first-order valence-corrected chi connectivity index (χ1v) is 11.3. The highest BCUT2D eigenvalue weighted by Gasteiger charge is 2.33. The van der Waals surface area contributed by atoms with E-state index in [1.165, 1.54) is 30.9 Å². The van der Waals surface area contributed by atoms with E-state index in [-0.39, 0.29) is 28.8 Å². The minimum Gasteiger partial charge on any atom is -0.503 e. The molecule has 0 spiro atoms. The molecule has 9 nitrogen and oxygen atoms in total. The van der Waals surface area contributed by atoms with Gasteiger partial charge in [0.1, 0.15) is 33.4 Å². The summed E-state index contributed by atoms with van der Waals surface area (Å²) in [7, 11) is 28.0. The van der Waals surface area contributed by atoms with Crippen LogP contribution in [-0.4, -0.2) is 95.8 Å². The van der Waals surface area contributed by atoms with E-state index in [9.17, 15) is 13.6 Å². The van der Waals surface area contributed by atoms with Crippen molar-refractivity contribution in [2.45, 2.75) is 29.1 Å². The van der Waals surface area contributed by atoms with E-state index in [2.05, 4.69) is 30.6 Å². The Hall–Kier alpha value is -3.41. The fraction of sp³-hybridized carbons (Fsp3) is 0.318. The summed E-state index contributed by atoms with van der Waals surface area (Å²) in [6.07, 6.45) is 5.46. The molecule has 0 aromatic carbocycles. The Balaban J connectivity index is 1.50. The zero-order valence-electron chi connectivity index (χ0n) is 20.0. The minimum atomic E-state index is -2.32. The molecule has 0 bridgehead atoms. The number of nitrogens with one attached hydrogen (secondary N) is 2. The van der Waals surface area contributed by atoms with Crippen LogP contribution >= 0.6 is 0 Å². The average molecular weight is 505 g/mol. The first-order chi connectivity index (χ1) is 17.9. The van der Waals surface area contributed by atoms with Gasteiger partial charge in [0.15, 0.2) is 11.6 Å². The second-order valence-electron chi connectivity index (χ2n) is 8.68. The molecule has 1 aliphatic heterocycles. The van der Waals surface area contributed by atoms with E-state index in [1.807, 2.05) is 0 Å². The molecule has 182 valence electrons. The van der Waals surface area contributed by atoms with Gasteiger partial charge in [0.05, 0.1) is 47.5 Å². The molecule has 2 atom stereocenters. The van der Waals surface area contributed by atoms with Gasteiger partial charge < -0.3 is 20.1 Å². The molecule has 0 saturated carbocycles. The highest BCUT2D eigenvalue weighted by atomic mass is 19.1. The van der Waals surface area contributed by atoms with Crippen LogP contribution in [0.1, 0.15) is 16.8 Å². The van der Waals surface area contributed by atoms with Gasteiger partial charge in [-0.2, -0.15) is 0 Å². The molecule has 0 aliphatic carbocycles. The van der Waals surface area contributed by atoms with Crippen LogP contribution in [0.25, 0.3) is 11.4 Å². The summed E-state index contributed by atoms with van der Waals surface area (Å²) in [4.78, 5) is 28.8. The predicted octanol–water partition coefficient (Wildman–Crippen LogP) is 0.244. The summed E-state index contributed by atoms with van der Waals surface area (Å²) in [6, 6.07) is 1.78. The van der Waals surface area contributed by atoms with E-state index in [0.29, 0.717) is 25.1 Å². The smallest absolute Gasteiger partial charge is 0.262 e. The van der Waals surface area contributed by atoms with Gasteiger partial charge in [0, 0.05) is 42.2 Å². The van der Waals surface area contributed by atoms with Crippen molar-refractivity contribution in [1.82, 2.24) is 30.6 Å². The number of hydrogen-bond donors (Lipinski definition) is 2. The van der Waals surface area contributed by atoms with E-state index >= 15 is 0 Å². The normalized spacial score (nSPS) is 17.9. The van der Waals surface area contributed by atoms with Crippen LogP contribution in [0.2, 0.25) is 5.11 Å². The Morgan fingerprint density at radius 1 is 1.05 bits per heavy atom. The molecule has 4 heterocycles. The van der Waals surface area contributed by atoms with Gasteiger partial charge >= 0.3 is 0 Å². The van der Waals surface area contributed by atoms with Gasteiger partial charge in [-0.1, -0.05) is 0 Å². The first kappa shape index (κ1) is 27.6. The lowest BCUT2D eigenvalue weighted by molar-refractivity contribution is 0.0892. The van der Waals surface area contributed by atoms with E-state index in [4.69, 9.17) is 48.7 Å². The zero-order chi connectivity index (χ0) is 27.5. The van der Waals surface area contributed by atoms with Crippen molar-refractivity contribution in [3.8, 4) is 28.8 Å². The number of pyridine rings is 2. The molecule has 4 rings (SSSR count).